The number of nitrogens with zero attached hydrogens (tertiary/aromatic N) is 2. The summed E-state index contributed by atoms with van der Waals surface area (Å²) in [6.45, 7) is 1.06. The first-order chi connectivity index (χ1) is 15.8. The molecule has 2 aromatic carbocycles. The zero-order valence-corrected chi connectivity index (χ0v) is 17.8. The fraction of sp³-hybridized carbons (Fsp3) is 0.208. The summed E-state index contributed by atoms with van der Waals surface area (Å²) in [6.07, 6.45) is 1.48. The van der Waals surface area contributed by atoms with Gasteiger partial charge in [-0.15, -0.1) is 0 Å². The summed E-state index contributed by atoms with van der Waals surface area (Å²) < 4.78 is 33.4. The Morgan fingerprint density at radius 2 is 1.82 bits per heavy atom. The lowest BCUT2D eigenvalue weighted by Gasteiger charge is -2.25. The van der Waals surface area contributed by atoms with Crippen LogP contribution in [0.1, 0.15) is 23.8 Å². The summed E-state index contributed by atoms with van der Waals surface area (Å²) in [5.41, 5.74) is -1.30. The second-order valence-electron chi connectivity index (χ2n) is 7.89. The number of nitrogens with one attached hydrogen (secondary N) is 1. The van der Waals surface area contributed by atoms with E-state index < -0.39 is 41.6 Å². The van der Waals surface area contributed by atoms with Gasteiger partial charge >= 0.3 is 6.03 Å². The topological polar surface area (TPSA) is 82.9 Å². The van der Waals surface area contributed by atoms with Crippen LogP contribution in [0.4, 0.5) is 13.6 Å². The number of rotatable bonds is 7. The van der Waals surface area contributed by atoms with Crippen molar-refractivity contribution < 1.29 is 27.6 Å². The highest BCUT2D eigenvalue weighted by Crippen LogP contribution is 2.31. The lowest BCUT2D eigenvalue weighted by Crippen LogP contribution is -2.44. The normalized spacial score (nSPS) is 17.8. The molecule has 0 aliphatic carbocycles. The minimum absolute atomic E-state index is 0.125. The molecular formula is C24H21F2N3O4. The molecule has 0 unspecified atom stereocenters. The van der Waals surface area contributed by atoms with Crippen molar-refractivity contribution in [3.8, 4) is 0 Å². The fourth-order valence-corrected chi connectivity index (χ4v) is 3.77. The Hall–Kier alpha value is -4.01. The Kier molecular flexibility index (Phi) is 5.95. The predicted octanol–water partition coefficient (Wildman–Crippen LogP) is 3.55. The third-order valence-corrected chi connectivity index (χ3v) is 5.53. The van der Waals surface area contributed by atoms with Crippen molar-refractivity contribution in [2.45, 2.75) is 25.6 Å². The number of imide groups is 1. The van der Waals surface area contributed by atoms with E-state index in [1.807, 2.05) is 30.3 Å². The van der Waals surface area contributed by atoms with Crippen LogP contribution in [0.5, 0.6) is 0 Å². The van der Waals surface area contributed by atoms with E-state index >= 15 is 0 Å². The molecule has 3 aromatic rings. The van der Waals surface area contributed by atoms with Crippen molar-refractivity contribution in [3.05, 3.63) is 95.4 Å². The van der Waals surface area contributed by atoms with Gasteiger partial charge in [0.2, 0.25) is 5.91 Å². The second kappa shape index (κ2) is 8.85. The molecule has 0 spiro atoms. The Bertz CT molecular complexity index is 1180. The van der Waals surface area contributed by atoms with Gasteiger partial charge < -0.3 is 14.6 Å². The van der Waals surface area contributed by atoms with Crippen LogP contribution in [-0.2, 0) is 28.2 Å². The molecule has 1 aromatic heterocycles. The summed E-state index contributed by atoms with van der Waals surface area (Å²) in [5, 5.41) is 2.40. The van der Waals surface area contributed by atoms with Crippen LogP contribution >= 0.6 is 0 Å². The number of carbonyl (C=O) groups is 3. The SMILES string of the molecule is C[C@@]1(c2cc(F)ccc2F)NC(=O)N(CC(=O)N(Cc2ccccc2)Cc2ccco2)C1=O. The molecule has 1 N–H and O–H groups in total. The monoisotopic (exact) mass is 453 g/mol. The van der Waals surface area contributed by atoms with Gasteiger partial charge in [0, 0.05) is 12.1 Å². The molecule has 33 heavy (non-hydrogen) atoms. The van der Waals surface area contributed by atoms with Gasteiger partial charge in [-0.2, -0.15) is 0 Å². The van der Waals surface area contributed by atoms with E-state index in [0.29, 0.717) is 10.7 Å². The summed E-state index contributed by atoms with van der Waals surface area (Å²) in [6, 6.07) is 14.4. The first-order valence-electron chi connectivity index (χ1n) is 10.2. The Morgan fingerprint density at radius 1 is 1.06 bits per heavy atom. The highest BCUT2D eigenvalue weighted by Gasteiger charge is 2.51. The third kappa shape index (κ3) is 4.48. The van der Waals surface area contributed by atoms with Gasteiger partial charge in [-0.3, -0.25) is 14.5 Å². The summed E-state index contributed by atoms with van der Waals surface area (Å²) >= 11 is 0. The lowest BCUT2D eigenvalue weighted by molar-refractivity contribution is -0.139. The largest absolute Gasteiger partial charge is 0.467 e. The van der Waals surface area contributed by atoms with E-state index in [4.69, 9.17) is 4.42 Å². The number of benzene rings is 2. The highest BCUT2D eigenvalue weighted by molar-refractivity contribution is 6.09. The molecule has 9 heteroatoms. The Morgan fingerprint density at radius 3 is 2.52 bits per heavy atom. The minimum Gasteiger partial charge on any atom is -0.467 e. The van der Waals surface area contributed by atoms with Gasteiger partial charge in [-0.05, 0) is 42.8 Å². The van der Waals surface area contributed by atoms with Crippen LogP contribution in [0.15, 0.2) is 71.3 Å². The molecule has 1 aliphatic rings. The van der Waals surface area contributed by atoms with Crippen molar-refractivity contribution in [2.24, 2.45) is 0 Å². The Balaban J connectivity index is 1.56. The zero-order valence-electron chi connectivity index (χ0n) is 17.8. The first-order valence-corrected chi connectivity index (χ1v) is 10.2. The van der Waals surface area contributed by atoms with E-state index in [9.17, 15) is 23.2 Å². The van der Waals surface area contributed by atoms with Gasteiger partial charge in [0.05, 0.1) is 12.8 Å². The van der Waals surface area contributed by atoms with Crippen molar-refractivity contribution >= 4 is 17.8 Å². The predicted molar refractivity (Wildman–Crippen MR) is 113 cm³/mol. The smallest absolute Gasteiger partial charge is 0.325 e. The molecule has 1 atom stereocenters. The highest BCUT2D eigenvalue weighted by atomic mass is 19.1. The number of hydrogen-bond donors (Lipinski definition) is 1. The maximum atomic E-state index is 14.4. The number of amides is 4. The van der Waals surface area contributed by atoms with Crippen molar-refractivity contribution in [1.82, 2.24) is 15.1 Å². The molecule has 1 fully saturated rings. The molecular weight excluding hydrogens is 432 g/mol. The Labute approximate surface area is 188 Å². The van der Waals surface area contributed by atoms with Crippen LogP contribution < -0.4 is 5.32 Å². The standard InChI is InChI=1S/C24H21F2N3O4/c1-24(19-12-17(25)9-10-20(19)26)22(31)29(23(32)27-24)15-21(30)28(14-18-8-5-11-33-18)13-16-6-3-2-4-7-16/h2-12H,13-15H2,1H3,(H,27,32)/t24-/m0/s1. The average molecular weight is 453 g/mol. The quantitative estimate of drug-likeness (QED) is 0.555. The molecule has 4 amide bonds. The van der Waals surface area contributed by atoms with Gasteiger partial charge in [-0.25, -0.2) is 13.6 Å². The number of halogens is 2. The van der Waals surface area contributed by atoms with E-state index in [-0.39, 0.29) is 18.7 Å². The van der Waals surface area contributed by atoms with E-state index in [2.05, 4.69) is 5.32 Å². The number of hydrogen-bond acceptors (Lipinski definition) is 4. The van der Waals surface area contributed by atoms with Gasteiger partial charge in [-0.1, -0.05) is 30.3 Å². The van der Waals surface area contributed by atoms with E-state index in [0.717, 1.165) is 23.8 Å². The van der Waals surface area contributed by atoms with Crippen LogP contribution in [0.3, 0.4) is 0 Å². The lowest BCUT2D eigenvalue weighted by atomic mass is 9.91. The number of urea groups is 1. The van der Waals surface area contributed by atoms with Crippen LogP contribution in [0.2, 0.25) is 0 Å². The maximum Gasteiger partial charge on any atom is 0.325 e. The molecule has 0 bridgehead atoms. The minimum atomic E-state index is -1.84. The maximum absolute atomic E-state index is 14.4. The van der Waals surface area contributed by atoms with Gasteiger partial charge in [0.1, 0.15) is 29.5 Å². The summed E-state index contributed by atoms with van der Waals surface area (Å²) in [5.74, 6) is -2.42. The number of carbonyl (C=O) groups excluding carboxylic acids is 3. The molecule has 1 saturated heterocycles. The van der Waals surface area contributed by atoms with E-state index in [1.165, 1.54) is 18.1 Å². The van der Waals surface area contributed by atoms with Crippen molar-refractivity contribution in [2.75, 3.05) is 6.54 Å². The molecule has 2 heterocycles. The molecule has 4 rings (SSSR count). The first kappa shape index (κ1) is 22.2. The molecule has 1 aliphatic heterocycles. The van der Waals surface area contributed by atoms with Gasteiger partial charge in [0.15, 0.2) is 0 Å². The van der Waals surface area contributed by atoms with Gasteiger partial charge in [0.25, 0.3) is 5.91 Å². The van der Waals surface area contributed by atoms with Crippen LogP contribution in [-0.4, -0.2) is 34.2 Å². The second-order valence-corrected chi connectivity index (χ2v) is 7.89. The van der Waals surface area contributed by atoms with E-state index in [1.54, 1.807) is 12.1 Å². The number of furan rings is 1. The van der Waals surface area contributed by atoms with Crippen molar-refractivity contribution in [1.29, 1.82) is 0 Å². The molecule has 0 radical (unpaired) electrons. The zero-order chi connectivity index (χ0) is 23.6. The third-order valence-electron chi connectivity index (χ3n) is 5.53. The molecule has 7 nitrogen and oxygen atoms in total. The van der Waals surface area contributed by atoms with Crippen LogP contribution in [0.25, 0.3) is 0 Å². The average Bonchev–Trinajstić information content (AvgIpc) is 3.38. The fourth-order valence-electron chi connectivity index (χ4n) is 3.77. The molecule has 170 valence electrons. The summed E-state index contributed by atoms with van der Waals surface area (Å²) in [4.78, 5) is 41.0. The molecule has 0 saturated carbocycles. The van der Waals surface area contributed by atoms with Crippen LogP contribution in [0, 0.1) is 11.6 Å². The van der Waals surface area contributed by atoms with Crippen molar-refractivity contribution in [3.63, 3.8) is 0 Å². The summed E-state index contributed by atoms with van der Waals surface area (Å²) in [7, 11) is 0.